The molecule has 1 aromatic rings. The average Bonchev–Trinajstić information content (AvgIpc) is 3.12. The van der Waals surface area contributed by atoms with E-state index in [1.54, 1.807) is 6.07 Å². The zero-order valence-corrected chi connectivity index (χ0v) is 10.6. The van der Waals surface area contributed by atoms with E-state index in [2.05, 4.69) is 5.32 Å². The summed E-state index contributed by atoms with van der Waals surface area (Å²) >= 11 is 0. The highest BCUT2D eigenvalue weighted by atomic mass is 19.1. The van der Waals surface area contributed by atoms with Gasteiger partial charge in [0.2, 0.25) is 5.91 Å². The first-order chi connectivity index (χ1) is 8.57. The number of carbonyl (C=O) groups is 1. The van der Waals surface area contributed by atoms with Gasteiger partial charge in [-0.3, -0.25) is 4.79 Å². The molecule has 0 aliphatic heterocycles. The van der Waals surface area contributed by atoms with Gasteiger partial charge >= 0.3 is 0 Å². The zero-order valence-electron chi connectivity index (χ0n) is 10.6. The van der Waals surface area contributed by atoms with Crippen molar-refractivity contribution in [2.24, 2.45) is 11.1 Å². The summed E-state index contributed by atoms with van der Waals surface area (Å²) in [5.41, 5.74) is 7.28. The number of aryl methyl sites for hydroxylation is 1. The minimum absolute atomic E-state index is 0.0600. The number of carbonyl (C=O) groups excluding carboxylic acids is 1. The first-order valence-electron chi connectivity index (χ1n) is 6.31. The number of benzene rings is 1. The molecule has 1 aliphatic rings. The summed E-state index contributed by atoms with van der Waals surface area (Å²) in [4.78, 5) is 11.8. The molecule has 0 bridgehead atoms. The fourth-order valence-electron chi connectivity index (χ4n) is 2.11. The van der Waals surface area contributed by atoms with Crippen LogP contribution in [0.2, 0.25) is 0 Å². The standard InChI is InChI=1S/C14H19FN2O/c1-10-8-12(15)3-2-11(10)4-7-17-13(18)14(9-16)5-6-14/h2-3,8H,4-7,9,16H2,1H3,(H,17,18). The van der Waals surface area contributed by atoms with E-state index in [0.717, 1.165) is 30.4 Å². The lowest BCUT2D eigenvalue weighted by Crippen LogP contribution is -2.37. The Bertz CT molecular complexity index is 455. The molecule has 1 saturated carbocycles. The first-order valence-corrected chi connectivity index (χ1v) is 6.31. The highest BCUT2D eigenvalue weighted by Gasteiger charge is 2.48. The molecule has 4 heteroatoms. The molecular weight excluding hydrogens is 231 g/mol. The van der Waals surface area contributed by atoms with Crippen LogP contribution in [0, 0.1) is 18.2 Å². The molecule has 0 heterocycles. The van der Waals surface area contributed by atoms with Crippen molar-refractivity contribution in [1.29, 1.82) is 0 Å². The van der Waals surface area contributed by atoms with E-state index in [1.807, 2.05) is 6.92 Å². The van der Waals surface area contributed by atoms with E-state index in [9.17, 15) is 9.18 Å². The minimum atomic E-state index is -0.294. The van der Waals surface area contributed by atoms with Gasteiger partial charge in [-0.15, -0.1) is 0 Å². The Morgan fingerprint density at radius 3 is 2.78 bits per heavy atom. The van der Waals surface area contributed by atoms with Gasteiger partial charge in [0.15, 0.2) is 0 Å². The molecule has 2 rings (SSSR count). The van der Waals surface area contributed by atoms with Crippen LogP contribution < -0.4 is 11.1 Å². The molecule has 0 aromatic heterocycles. The number of rotatable bonds is 5. The van der Waals surface area contributed by atoms with Crippen LogP contribution in [-0.4, -0.2) is 19.0 Å². The Balaban J connectivity index is 1.83. The van der Waals surface area contributed by atoms with E-state index in [0.29, 0.717) is 13.1 Å². The molecule has 18 heavy (non-hydrogen) atoms. The van der Waals surface area contributed by atoms with Crippen molar-refractivity contribution in [2.45, 2.75) is 26.2 Å². The predicted molar refractivity (Wildman–Crippen MR) is 68.6 cm³/mol. The first kappa shape index (κ1) is 13.0. The Hall–Kier alpha value is -1.42. The number of nitrogens with two attached hydrogens (primary N) is 1. The lowest BCUT2D eigenvalue weighted by Gasteiger charge is -2.13. The molecule has 98 valence electrons. The molecule has 0 saturated heterocycles. The molecule has 0 radical (unpaired) electrons. The van der Waals surface area contributed by atoms with Crippen molar-refractivity contribution in [1.82, 2.24) is 5.32 Å². The van der Waals surface area contributed by atoms with E-state index >= 15 is 0 Å². The fourth-order valence-corrected chi connectivity index (χ4v) is 2.11. The van der Waals surface area contributed by atoms with Gasteiger partial charge in [-0.05, 0) is 49.4 Å². The zero-order chi connectivity index (χ0) is 13.2. The summed E-state index contributed by atoms with van der Waals surface area (Å²) in [6.07, 6.45) is 2.51. The fraction of sp³-hybridized carbons (Fsp3) is 0.500. The second kappa shape index (κ2) is 5.06. The average molecular weight is 250 g/mol. The Labute approximate surface area is 107 Å². The van der Waals surface area contributed by atoms with Crippen molar-refractivity contribution < 1.29 is 9.18 Å². The van der Waals surface area contributed by atoms with Gasteiger partial charge in [-0.1, -0.05) is 6.07 Å². The lowest BCUT2D eigenvalue weighted by atomic mass is 10.0. The molecule has 0 spiro atoms. The summed E-state index contributed by atoms with van der Waals surface area (Å²) < 4.78 is 12.9. The largest absolute Gasteiger partial charge is 0.355 e. The van der Waals surface area contributed by atoms with E-state index in [-0.39, 0.29) is 17.1 Å². The molecule has 1 fully saturated rings. The predicted octanol–water partition coefficient (Wildman–Crippen LogP) is 1.53. The quantitative estimate of drug-likeness (QED) is 0.832. The van der Waals surface area contributed by atoms with Crippen molar-refractivity contribution >= 4 is 5.91 Å². The van der Waals surface area contributed by atoms with Crippen LogP contribution in [0.3, 0.4) is 0 Å². The number of nitrogens with one attached hydrogen (secondary N) is 1. The number of hydrogen-bond donors (Lipinski definition) is 2. The summed E-state index contributed by atoms with van der Waals surface area (Å²) in [6, 6.07) is 4.73. The Morgan fingerprint density at radius 2 is 2.22 bits per heavy atom. The van der Waals surface area contributed by atoms with Crippen molar-refractivity contribution in [3.8, 4) is 0 Å². The normalized spacial score (nSPS) is 16.4. The topological polar surface area (TPSA) is 55.1 Å². The van der Waals surface area contributed by atoms with Crippen LogP contribution in [0.4, 0.5) is 4.39 Å². The Morgan fingerprint density at radius 1 is 1.50 bits per heavy atom. The van der Waals surface area contributed by atoms with Crippen LogP contribution in [0.25, 0.3) is 0 Å². The van der Waals surface area contributed by atoms with E-state index < -0.39 is 0 Å². The molecule has 3 N–H and O–H groups in total. The molecule has 0 unspecified atom stereocenters. The van der Waals surface area contributed by atoms with E-state index in [1.165, 1.54) is 12.1 Å². The smallest absolute Gasteiger partial charge is 0.227 e. The molecule has 3 nitrogen and oxygen atoms in total. The third-order valence-electron chi connectivity index (χ3n) is 3.71. The molecule has 0 atom stereocenters. The van der Waals surface area contributed by atoms with E-state index in [4.69, 9.17) is 5.73 Å². The monoisotopic (exact) mass is 250 g/mol. The van der Waals surface area contributed by atoms with Gasteiger partial charge < -0.3 is 11.1 Å². The van der Waals surface area contributed by atoms with Gasteiger partial charge in [-0.25, -0.2) is 4.39 Å². The van der Waals surface area contributed by atoms with Crippen LogP contribution in [-0.2, 0) is 11.2 Å². The maximum atomic E-state index is 12.9. The van der Waals surface area contributed by atoms with Gasteiger partial charge in [0, 0.05) is 13.1 Å². The highest BCUT2D eigenvalue weighted by molar-refractivity contribution is 5.85. The van der Waals surface area contributed by atoms with Gasteiger partial charge in [0.25, 0.3) is 0 Å². The maximum absolute atomic E-state index is 12.9. The minimum Gasteiger partial charge on any atom is -0.355 e. The lowest BCUT2D eigenvalue weighted by molar-refractivity contribution is -0.125. The summed E-state index contributed by atoms with van der Waals surface area (Å²) in [7, 11) is 0. The van der Waals surface area contributed by atoms with Crippen molar-refractivity contribution in [2.75, 3.05) is 13.1 Å². The second-order valence-electron chi connectivity index (χ2n) is 5.06. The van der Waals surface area contributed by atoms with Crippen LogP contribution >= 0.6 is 0 Å². The van der Waals surface area contributed by atoms with Gasteiger partial charge in [0.1, 0.15) is 5.82 Å². The highest BCUT2D eigenvalue weighted by Crippen LogP contribution is 2.44. The molecule has 1 aromatic carbocycles. The maximum Gasteiger partial charge on any atom is 0.227 e. The van der Waals surface area contributed by atoms with Crippen LogP contribution in [0.15, 0.2) is 18.2 Å². The molecule has 1 amide bonds. The molecule has 1 aliphatic carbocycles. The molecular formula is C14H19FN2O. The third-order valence-corrected chi connectivity index (χ3v) is 3.71. The van der Waals surface area contributed by atoms with Crippen LogP contribution in [0.1, 0.15) is 24.0 Å². The summed E-state index contributed by atoms with van der Waals surface area (Å²) in [5, 5.41) is 2.91. The third kappa shape index (κ3) is 2.70. The number of amides is 1. The summed E-state index contributed by atoms with van der Waals surface area (Å²) in [5.74, 6) is -0.162. The van der Waals surface area contributed by atoms with Crippen LogP contribution in [0.5, 0.6) is 0 Å². The number of halogens is 1. The van der Waals surface area contributed by atoms with Crippen molar-refractivity contribution in [3.63, 3.8) is 0 Å². The van der Waals surface area contributed by atoms with Gasteiger partial charge in [-0.2, -0.15) is 0 Å². The Kier molecular flexibility index (Phi) is 3.66. The summed E-state index contributed by atoms with van der Waals surface area (Å²) in [6.45, 7) is 2.88. The van der Waals surface area contributed by atoms with Gasteiger partial charge in [0.05, 0.1) is 5.41 Å². The number of hydrogen-bond acceptors (Lipinski definition) is 2. The SMILES string of the molecule is Cc1cc(F)ccc1CCNC(=O)C1(CN)CC1. The second-order valence-corrected chi connectivity index (χ2v) is 5.06. The van der Waals surface area contributed by atoms with Crippen molar-refractivity contribution in [3.05, 3.63) is 35.1 Å².